The highest BCUT2D eigenvalue weighted by atomic mass is 16.5. The van der Waals surface area contributed by atoms with Gasteiger partial charge in [-0.3, -0.25) is 9.89 Å². The number of piperidine rings is 1. The molecule has 0 saturated carbocycles. The van der Waals surface area contributed by atoms with Crippen molar-refractivity contribution in [2.75, 3.05) is 13.1 Å². The molecule has 132 valence electrons. The van der Waals surface area contributed by atoms with Gasteiger partial charge >= 0.3 is 0 Å². The number of rotatable bonds is 2. The monoisotopic (exact) mass is 350 g/mol. The summed E-state index contributed by atoms with van der Waals surface area (Å²) in [6.07, 6.45) is 4.34. The van der Waals surface area contributed by atoms with E-state index in [9.17, 15) is 4.79 Å². The standard InChI is InChI=1S/C18H18N6O2/c25-18(13-3-1-12(2-4-13)15-5-7-19-21-15)23-8-6-17-16(10-23)24-14(11-26-17)9-20-22-24/h1-5,7,9,16-17H,6,8,10-11H2,(H,19,21)/t16-,17+/m0/s1. The molecule has 0 unspecified atom stereocenters. The lowest BCUT2D eigenvalue weighted by atomic mass is 9.99. The molecule has 5 rings (SSSR count). The highest BCUT2D eigenvalue weighted by Gasteiger charge is 2.38. The number of hydrogen-bond donors (Lipinski definition) is 1. The molecule has 1 amide bonds. The summed E-state index contributed by atoms with van der Waals surface area (Å²) in [6, 6.07) is 9.54. The van der Waals surface area contributed by atoms with Crippen LogP contribution in [0.25, 0.3) is 11.3 Å². The minimum Gasteiger partial charge on any atom is -0.370 e. The molecule has 8 nitrogen and oxygen atoms in total. The molecule has 4 heterocycles. The normalized spacial score (nSPS) is 21.9. The maximum absolute atomic E-state index is 12.9. The molecule has 1 aromatic carbocycles. The fourth-order valence-corrected chi connectivity index (χ4v) is 3.76. The topological polar surface area (TPSA) is 88.9 Å². The summed E-state index contributed by atoms with van der Waals surface area (Å²) in [5.74, 6) is 0.0341. The molecule has 0 aliphatic carbocycles. The van der Waals surface area contributed by atoms with Gasteiger partial charge in [-0.15, -0.1) is 5.10 Å². The lowest BCUT2D eigenvalue weighted by molar-refractivity contribution is -0.0605. The first kappa shape index (κ1) is 15.3. The zero-order chi connectivity index (χ0) is 17.5. The van der Waals surface area contributed by atoms with E-state index >= 15 is 0 Å². The van der Waals surface area contributed by atoms with Gasteiger partial charge in [-0.1, -0.05) is 17.3 Å². The van der Waals surface area contributed by atoms with Crippen molar-refractivity contribution in [2.24, 2.45) is 0 Å². The third kappa shape index (κ3) is 2.50. The molecule has 26 heavy (non-hydrogen) atoms. The van der Waals surface area contributed by atoms with Gasteiger partial charge in [0.2, 0.25) is 0 Å². The van der Waals surface area contributed by atoms with Gasteiger partial charge < -0.3 is 9.64 Å². The Bertz CT molecular complexity index is 918. The molecular weight excluding hydrogens is 332 g/mol. The average Bonchev–Trinajstić information content (AvgIpc) is 3.39. The first-order chi connectivity index (χ1) is 12.8. The Morgan fingerprint density at radius 2 is 2.12 bits per heavy atom. The van der Waals surface area contributed by atoms with Gasteiger partial charge in [0, 0.05) is 24.8 Å². The highest BCUT2D eigenvalue weighted by Crippen LogP contribution is 2.30. The second kappa shape index (κ2) is 6.06. The summed E-state index contributed by atoms with van der Waals surface area (Å²) in [7, 11) is 0. The molecule has 2 atom stereocenters. The number of nitrogens with one attached hydrogen (secondary N) is 1. The van der Waals surface area contributed by atoms with Crippen molar-refractivity contribution in [2.45, 2.75) is 25.2 Å². The summed E-state index contributed by atoms with van der Waals surface area (Å²) in [5.41, 5.74) is 3.58. The number of aromatic amines is 1. The predicted octanol–water partition coefficient (Wildman–Crippen LogP) is 1.65. The van der Waals surface area contributed by atoms with E-state index in [2.05, 4.69) is 20.5 Å². The van der Waals surface area contributed by atoms with Crippen LogP contribution in [0, 0.1) is 0 Å². The maximum Gasteiger partial charge on any atom is 0.253 e. The number of benzene rings is 1. The molecule has 1 saturated heterocycles. The van der Waals surface area contributed by atoms with Crippen LogP contribution < -0.4 is 0 Å². The van der Waals surface area contributed by atoms with Crippen LogP contribution in [0.2, 0.25) is 0 Å². The number of aromatic nitrogens is 5. The number of ether oxygens (including phenoxy) is 1. The van der Waals surface area contributed by atoms with Crippen molar-refractivity contribution in [1.29, 1.82) is 0 Å². The van der Waals surface area contributed by atoms with Gasteiger partial charge in [0.25, 0.3) is 5.91 Å². The molecule has 0 bridgehead atoms. The third-order valence-corrected chi connectivity index (χ3v) is 5.16. The van der Waals surface area contributed by atoms with Gasteiger partial charge in [0.1, 0.15) is 0 Å². The van der Waals surface area contributed by atoms with Crippen LogP contribution >= 0.6 is 0 Å². The van der Waals surface area contributed by atoms with E-state index in [0.29, 0.717) is 25.3 Å². The Kier molecular flexibility index (Phi) is 3.56. The van der Waals surface area contributed by atoms with E-state index in [1.165, 1.54) is 0 Å². The first-order valence-electron chi connectivity index (χ1n) is 8.69. The summed E-state index contributed by atoms with van der Waals surface area (Å²) < 4.78 is 7.82. The van der Waals surface area contributed by atoms with Gasteiger partial charge in [0.05, 0.1) is 36.3 Å². The van der Waals surface area contributed by atoms with Gasteiger partial charge in [0.15, 0.2) is 0 Å². The van der Waals surface area contributed by atoms with Crippen LogP contribution in [-0.2, 0) is 11.3 Å². The van der Waals surface area contributed by atoms with Crippen molar-refractivity contribution in [1.82, 2.24) is 30.1 Å². The number of nitrogens with zero attached hydrogens (tertiary/aromatic N) is 5. The van der Waals surface area contributed by atoms with Crippen LogP contribution in [0.3, 0.4) is 0 Å². The van der Waals surface area contributed by atoms with Crippen LogP contribution in [0.4, 0.5) is 0 Å². The van der Waals surface area contributed by atoms with E-state index in [1.54, 1.807) is 12.4 Å². The van der Waals surface area contributed by atoms with E-state index in [0.717, 1.165) is 23.4 Å². The number of H-pyrrole nitrogens is 1. The largest absolute Gasteiger partial charge is 0.370 e. The molecule has 1 N–H and O–H groups in total. The summed E-state index contributed by atoms with van der Waals surface area (Å²) in [5, 5.41) is 15.1. The molecule has 1 fully saturated rings. The Morgan fingerprint density at radius 1 is 1.23 bits per heavy atom. The third-order valence-electron chi connectivity index (χ3n) is 5.16. The molecule has 2 aliphatic heterocycles. The van der Waals surface area contributed by atoms with E-state index in [1.807, 2.05) is 39.9 Å². The summed E-state index contributed by atoms with van der Waals surface area (Å²) in [4.78, 5) is 14.8. The zero-order valence-corrected chi connectivity index (χ0v) is 14.1. The molecular formula is C18H18N6O2. The fraction of sp³-hybridized carbons (Fsp3) is 0.333. The van der Waals surface area contributed by atoms with Gasteiger partial charge in [-0.25, -0.2) is 4.68 Å². The minimum atomic E-state index is 0.0308. The molecule has 8 heteroatoms. The van der Waals surface area contributed by atoms with Gasteiger partial charge in [-0.05, 0) is 30.2 Å². The molecule has 0 radical (unpaired) electrons. The van der Waals surface area contributed by atoms with E-state index in [4.69, 9.17) is 4.74 Å². The van der Waals surface area contributed by atoms with Crippen molar-refractivity contribution >= 4 is 5.91 Å². The number of fused-ring (bicyclic) bond motifs is 3. The summed E-state index contributed by atoms with van der Waals surface area (Å²) in [6.45, 7) is 1.81. The Labute approximate surface area is 149 Å². The van der Waals surface area contributed by atoms with Gasteiger partial charge in [-0.2, -0.15) is 5.10 Å². The van der Waals surface area contributed by atoms with Crippen LogP contribution in [-0.4, -0.2) is 55.2 Å². The number of carbonyl (C=O) groups excluding carboxylic acids is 1. The average molecular weight is 350 g/mol. The van der Waals surface area contributed by atoms with E-state index < -0.39 is 0 Å². The maximum atomic E-state index is 12.9. The number of amides is 1. The Hall–Kier alpha value is -3.00. The Morgan fingerprint density at radius 3 is 2.92 bits per heavy atom. The second-order valence-corrected chi connectivity index (χ2v) is 6.67. The van der Waals surface area contributed by atoms with Crippen molar-refractivity contribution in [3.05, 3.63) is 54.0 Å². The number of likely N-dealkylation sites (tertiary alicyclic amines) is 1. The molecule has 2 aliphatic rings. The fourth-order valence-electron chi connectivity index (χ4n) is 3.76. The lowest BCUT2D eigenvalue weighted by Crippen LogP contribution is -2.49. The smallest absolute Gasteiger partial charge is 0.253 e. The quantitative estimate of drug-likeness (QED) is 0.759. The highest BCUT2D eigenvalue weighted by molar-refractivity contribution is 5.94. The molecule has 0 spiro atoms. The number of carbonyl (C=O) groups is 1. The SMILES string of the molecule is O=C(c1ccc(-c2ccn[nH]2)cc1)N1CC[C@H]2OCc3cnnn3[C@H]2C1. The second-order valence-electron chi connectivity index (χ2n) is 6.67. The number of hydrogen-bond acceptors (Lipinski definition) is 5. The zero-order valence-electron chi connectivity index (χ0n) is 14.1. The predicted molar refractivity (Wildman–Crippen MR) is 92.2 cm³/mol. The minimum absolute atomic E-state index is 0.0308. The lowest BCUT2D eigenvalue weighted by Gasteiger charge is -2.41. The van der Waals surface area contributed by atoms with Crippen LogP contribution in [0.1, 0.15) is 28.5 Å². The first-order valence-corrected chi connectivity index (χ1v) is 8.69. The van der Waals surface area contributed by atoms with E-state index in [-0.39, 0.29) is 18.1 Å². The van der Waals surface area contributed by atoms with Crippen molar-refractivity contribution in [3.63, 3.8) is 0 Å². The van der Waals surface area contributed by atoms with Crippen molar-refractivity contribution in [3.8, 4) is 11.3 Å². The van der Waals surface area contributed by atoms with Crippen LogP contribution in [0.15, 0.2) is 42.7 Å². The Balaban J connectivity index is 1.35. The molecule has 2 aromatic heterocycles. The molecule has 3 aromatic rings. The van der Waals surface area contributed by atoms with Crippen molar-refractivity contribution < 1.29 is 9.53 Å². The van der Waals surface area contributed by atoms with Crippen LogP contribution in [0.5, 0.6) is 0 Å². The summed E-state index contributed by atoms with van der Waals surface area (Å²) >= 11 is 0.